The van der Waals surface area contributed by atoms with Crippen molar-refractivity contribution in [1.29, 1.82) is 0 Å². The summed E-state index contributed by atoms with van der Waals surface area (Å²) in [5, 5.41) is 3.38. The van der Waals surface area contributed by atoms with E-state index in [9.17, 15) is 0 Å². The molecule has 0 atom stereocenters. The molecule has 0 saturated heterocycles. The number of aromatic nitrogens is 1. The molecular weight excluding hydrogens is 362 g/mol. The second-order valence-electron chi connectivity index (χ2n) is 7.31. The molecule has 0 aromatic carbocycles. The summed E-state index contributed by atoms with van der Waals surface area (Å²) >= 11 is 1.77. The predicted octanol–water partition coefficient (Wildman–Crippen LogP) is 3.64. The SMILES string of the molecule is CCCCCCCCCCCCCCCCCc1nc(CNN)cs1.[Cl-].[H+]. The molecule has 1 rings (SSSR count). The number of halogens is 1. The summed E-state index contributed by atoms with van der Waals surface area (Å²) in [6.45, 7) is 2.97. The van der Waals surface area contributed by atoms with Crippen molar-refractivity contribution in [2.45, 2.75) is 116 Å². The van der Waals surface area contributed by atoms with E-state index in [1.165, 1.54) is 101 Å². The van der Waals surface area contributed by atoms with Crippen molar-refractivity contribution in [3.63, 3.8) is 0 Å². The minimum absolute atomic E-state index is 0. The van der Waals surface area contributed by atoms with Gasteiger partial charge in [0.1, 0.15) is 0 Å². The number of unbranched alkanes of at least 4 members (excludes halogenated alkanes) is 14. The highest BCUT2D eigenvalue weighted by Gasteiger charge is 2.01. The first-order valence-corrected chi connectivity index (χ1v) is 11.6. The standard InChI is InChI=1S/C21H41N3S.ClH/c1-2-3-4-5-6-7-8-9-10-11-12-13-14-15-16-17-21-24-20(18-23-22)19-25-21;/h19,23H,2-18,22H2,1H3;1H. The van der Waals surface area contributed by atoms with Crippen LogP contribution in [0.25, 0.3) is 0 Å². The molecule has 0 radical (unpaired) electrons. The Hall–Kier alpha value is -0.160. The summed E-state index contributed by atoms with van der Waals surface area (Å²) in [6.07, 6.45) is 22.4. The van der Waals surface area contributed by atoms with Crippen LogP contribution in [0.4, 0.5) is 0 Å². The van der Waals surface area contributed by atoms with Gasteiger partial charge in [-0.3, -0.25) is 11.3 Å². The lowest BCUT2D eigenvalue weighted by Gasteiger charge is -2.03. The van der Waals surface area contributed by atoms with Gasteiger partial charge in [0.2, 0.25) is 0 Å². The van der Waals surface area contributed by atoms with Crippen LogP contribution in [0.15, 0.2) is 5.38 Å². The summed E-state index contributed by atoms with van der Waals surface area (Å²) in [7, 11) is 0. The van der Waals surface area contributed by atoms with Crippen LogP contribution < -0.4 is 23.7 Å². The van der Waals surface area contributed by atoms with Crippen LogP contribution in [0.3, 0.4) is 0 Å². The van der Waals surface area contributed by atoms with E-state index in [4.69, 9.17) is 5.84 Å². The molecule has 0 unspecified atom stereocenters. The maximum atomic E-state index is 5.32. The highest BCUT2D eigenvalue weighted by atomic mass is 35.5. The quantitative estimate of drug-likeness (QED) is 0.223. The molecule has 0 bridgehead atoms. The molecule has 5 heteroatoms. The first-order chi connectivity index (χ1) is 12.4. The molecule has 0 saturated carbocycles. The topological polar surface area (TPSA) is 50.9 Å². The van der Waals surface area contributed by atoms with Crippen molar-refractivity contribution in [3.8, 4) is 0 Å². The van der Waals surface area contributed by atoms with Gasteiger partial charge in [-0.05, 0) is 12.8 Å². The Bertz CT molecular complexity index is 405. The summed E-state index contributed by atoms with van der Waals surface area (Å²) in [5.74, 6) is 5.32. The van der Waals surface area contributed by atoms with Crippen molar-refractivity contribution in [3.05, 3.63) is 16.1 Å². The third-order valence-corrected chi connectivity index (χ3v) is 5.83. The van der Waals surface area contributed by atoms with Gasteiger partial charge in [-0.15, -0.1) is 11.3 Å². The number of aryl methyl sites for hydroxylation is 1. The average molecular weight is 404 g/mol. The Labute approximate surface area is 173 Å². The molecule has 3 nitrogen and oxygen atoms in total. The van der Waals surface area contributed by atoms with Crippen LogP contribution in [0.5, 0.6) is 0 Å². The van der Waals surface area contributed by atoms with Gasteiger partial charge in [0.15, 0.2) is 0 Å². The molecule has 0 fully saturated rings. The minimum atomic E-state index is 0. The first kappa shape index (κ1) is 25.8. The van der Waals surface area contributed by atoms with Gasteiger partial charge >= 0.3 is 1.43 Å². The number of nitrogens with zero attached hydrogens (tertiary/aromatic N) is 1. The van der Waals surface area contributed by atoms with Crippen molar-refractivity contribution >= 4 is 11.3 Å². The van der Waals surface area contributed by atoms with Crippen molar-refractivity contribution < 1.29 is 13.8 Å². The van der Waals surface area contributed by atoms with Crippen LogP contribution in [-0.4, -0.2) is 4.98 Å². The van der Waals surface area contributed by atoms with Crippen LogP contribution in [0.1, 0.15) is 115 Å². The highest BCUT2D eigenvalue weighted by Crippen LogP contribution is 2.16. The number of nitrogens with one attached hydrogen (secondary N) is 1. The van der Waals surface area contributed by atoms with Gasteiger partial charge in [0, 0.05) is 5.38 Å². The minimum Gasteiger partial charge on any atom is -1.00 e. The number of rotatable bonds is 18. The van der Waals surface area contributed by atoms with Gasteiger partial charge in [0.25, 0.3) is 0 Å². The van der Waals surface area contributed by atoms with Gasteiger partial charge < -0.3 is 12.4 Å². The van der Waals surface area contributed by atoms with Crippen molar-refractivity contribution in [2.75, 3.05) is 0 Å². The predicted molar refractivity (Wildman–Crippen MR) is 113 cm³/mol. The van der Waals surface area contributed by atoms with Gasteiger partial charge in [-0.25, -0.2) is 4.98 Å². The smallest absolute Gasteiger partial charge is 1.00 e. The van der Waals surface area contributed by atoms with Crippen LogP contribution in [0.2, 0.25) is 0 Å². The molecule has 26 heavy (non-hydrogen) atoms. The van der Waals surface area contributed by atoms with Crippen LogP contribution >= 0.6 is 11.3 Å². The normalized spacial score (nSPS) is 10.8. The van der Waals surface area contributed by atoms with E-state index in [-0.39, 0.29) is 13.8 Å². The molecule has 0 amide bonds. The third-order valence-electron chi connectivity index (χ3n) is 4.88. The Balaban J connectivity index is 0. The van der Waals surface area contributed by atoms with E-state index >= 15 is 0 Å². The van der Waals surface area contributed by atoms with E-state index in [0.29, 0.717) is 6.54 Å². The van der Waals surface area contributed by atoms with Crippen molar-refractivity contribution in [1.82, 2.24) is 10.4 Å². The maximum Gasteiger partial charge on any atom is 1.00 e. The summed E-state index contributed by atoms with van der Waals surface area (Å²) < 4.78 is 0. The van der Waals surface area contributed by atoms with E-state index in [1.807, 2.05) is 0 Å². The number of hydrogen-bond donors (Lipinski definition) is 2. The molecule has 1 aromatic heterocycles. The average Bonchev–Trinajstić information content (AvgIpc) is 3.06. The number of hydrogen-bond acceptors (Lipinski definition) is 4. The lowest BCUT2D eigenvalue weighted by atomic mass is 10.0. The first-order valence-electron chi connectivity index (χ1n) is 10.7. The Morgan fingerprint density at radius 2 is 1.31 bits per heavy atom. The third kappa shape index (κ3) is 15.0. The molecule has 0 aliphatic heterocycles. The zero-order valence-corrected chi connectivity index (χ0v) is 18.5. The lowest BCUT2D eigenvalue weighted by Crippen LogP contribution is -3.00. The fourth-order valence-corrected chi connectivity index (χ4v) is 4.14. The number of hydrazine groups is 1. The largest absolute Gasteiger partial charge is 1.00 e. The number of nitrogens with two attached hydrogens (primary N) is 1. The van der Waals surface area contributed by atoms with E-state index in [1.54, 1.807) is 11.3 Å². The Morgan fingerprint density at radius 3 is 1.77 bits per heavy atom. The monoisotopic (exact) mass is 403 g/mol. The van der Waals surface area contributed by atoms with Crippen LogP contribution in [0, 0.1) is 0 Å². The molecule has 1 aromatic rings. The van der Waals surface area contributed by atoms with Gasteiger partial charge in [-0.1, -0.05) is 96.8 Å². The Kier molecular flexibility index (Phi) is 19.5. The Morgan fingerprint density at radius 1 is 0.846 bits per heavy atom. The number of thiazole rings is 1. The van der Waals surface area contributed by atoms with E-state index in [0.717, 1.165) is 12.1 Å². The molecule has 3 N–H and O–H groups in total. The molecule has 154 valence electrons. The summed E-state index contributed by atoms with van der Waals surface area (Å²) in [5.41, 5.74) is 3.74. The lowest BCUT2D eigenvalue weighted by molar-refractivity contribution is -0.00000562. The molecule has 1 heterocycles. The molecular formula is C21H42ClN3S. The summed E-state index contributed by atoms with van der Waals surface area (Å²) in [4.78, 5) is 4.58. The van der Waals surface area contributed by atoms with Gasteiger partial charge in [-0.2, -0.15) is 0 Å². The maximum absolute atomic E-state index is 5.32. The van der Waals surface area contributed by atoms with Crippen molar-refractivity contribution in [2.24, 2.45) is 5.84 Å². The zero-order valence-electron chi connectivity index (χ0n) is 17.9. The van der Waals surface area contributed by atoms with Gasteiger partial charge in [0.05, 0.1) is 17.2 Å². The fraction of sp³-hybridized carbons (Fsp3) is 0.857. The fourth-order valence-electron chi connectivity index (χ4n) is 3.30. The highest BCUT2D eigenvalue weighted by molar-refractivity contribution is 7.09. The molecule has 0 aliphatic rings. The van der Waals surface area contributed by atoms with E-state index in [2.05, 4.69) is 22.7 Å². The second kappa shape index (κ2) is 19.6. The second-order valence-corrected chi connectivity index (χ2v) is 8.26. The zero-order chi connectivity index (χ0) is 18.0. The summed E-state index contributed by atoms with van der Waals surface area (Å²) in [6, 6.07) is 0. The molecule has 0 spiro atoms. The van der Waals surface area contributed by atoms with E-state index < -0.39 is 0 Å². The molecule has 0 aliphatic carbocycles. The van der Waals surface area contributed by atoms with Crippen LogP contribution in [-0.2, 0) is 13.0 Å².